The molecule has 1 saturated heterocycles. The third kappa shape index (κ3) is 4.70. The molecule has 2 heterocycles. The number of piperidine rings is 1. The molecule has 0 spiro atoms. The normalized spacial score (nSPS) is 16.8. The molecule has 1 atom stereocenters. The first-order chi connectivity index (χ1) is 14.1. The number of carbonyl (C=O) groups is 1. The quantitative estimate of drug-likeness (QED) is 0.663. The molecule has 1 aliphatic heterocycles. The van der Waals surface area contributed by atoms with Gasteiger partial charge in [-0.05, 0) is 61.6 Å². The molecule has 0 saturated carbocycles. The van der Waals surface area contributed by atoms with Gasteiger partial charge in [-0.15, -0.1) is 0 Å². The summed E-state index contributed by atoms with van der Waals surface area (Å²) >= 11 is 1.72. The topological polar surface area (TPSA) is 54.5 Å². The Kier molecular flexibility index (Phi) is 6.00. The lowest BCUT2D eigenvalue weighted by molar-refractivity contribution is -0.125. The smallest absolute Gasteiger partial charge is 0.224 e. The minimum Gasteiger partial charge on any atom is -0.497 e. The molecular formula is C23H27N3O2S. The molecule has 3 aromatic rings. The van der Waals surface area contributed by atoms with E-state index in [-0.39, 0.29) is 11.8 Å². The van der Waals surface area contributed by atoms with Crippen LogP contribution in [0.3, 0.4) is 0 Å². The van der Waals surface area contributed by atoms with Gasteiger partial charge in [-0.1, -0.05) is 29.5 Å². The summed E-state index contributed by atoms with van der Waals surface area (Å²) in [4.78, 5) is 19.8. The standard InChI is InChI=1S/C23H27N3O2S/c1-16-8-9-20-21(13-16)29-23(25-20)26-12-4-6-18(15-26)22(27)24-11-10-17-5-3-7-19(14-17)28-2/h3,5,7-9,13-14,18H,4,6,10-12,15H2,1-2H3,(H,24,27). The first-order valence-corrected chi connectivity index (χ1v) is 11.0. The van der Waals surface area contributed by atoms with Crippen molar-refractivity contribution in [2.45, 2.75) is 26.2 Å². The lowest BCUT2D eigenvalue weighted by Gasteiger charge is -2.31. The number of hydrogen-bond acceptors (Lipinski definition) is 5. The molecule has 4 rings (SSSR count). The van der Waals surface area contributed by atoms with Crippen LogP contribution in [0.1, 0.15) is 24.0 Å². The second kappa shape index (κ2) is 8.82. The zero-order valence-corrected chi connectivity index (χ0v) is 17.8. The molecule has 0 aliphatic carbocycles. The second-order valence-electron chi connectivity index (χ2n) is 7.65. The van der Waals surface area contributed by atoms with Crippen LogP contribution in [0.2, 0.25) is 0 Å². The first kappa shape index (κ1) is 19.7. The summed E-state index contributed by atoms with van der Waals surface area (Å²) in [5, 5.41) is 4.15. The van der Waals surface area contributed by atoms with Gasteiger partial charge in [0.25, 0.3) is 0 Å². The number of methoxy groups -OCH3 is 1. The van der Waals surface area contributed by atoms with Crippen LogP contribution < -0.4 is 15.0 Å². The third-order valence-corrected chi connectivity index (χ3v) is 6.52. The van der Waals surface area contributed by atoms with E-state index in [1.807, 2.05) is 18.2 Å². The highest BCUT2D eigenvalue weighted by molar-refractivity contribution is 7.22. The van der Waals surface area contributed by atoms with Crippen LogP contribution in [0.25, 0.3) is 10.2 Å². The molecule has 1 unspecified atom stereocenters. The van der Waals surface area contributed by atoms with Crippen LogP contribution in [0.5, 0.6) is 5.75 Å². The molecule has 29 heavy (non-hydrogen) atoms. The molecule has 1 amide bonds. The lowest BCUT2D eigenvalue weighted by Crippen LogP contribution is -2.43. The van der Waals surface area contributed by atoms with E-state index in [1.54, 1.807) is 18.4 Å². The molecular weight excluding hydrogens is 382 g/mol. The number of benzene rings is 2. The van der Waals surface area contributed by atoms with Gasteiger partial charge >= 0.3 is 0 Å². The van der Waals surface area contributed by atoms with Gasteiger partial charge in [0, 0.05) is 19.6 Å². The van der Waals surface area contributed by atoms with Gasteiger partial charge in [-0.2, -0.15) is 0 Å². The Morgan fingerprint density at radius 2 is 2.21 bits per heavy atom. The molecule has 0 bridgehead atoms. The van der Waals surface area contributed by atoms with Crippen LogP contribution in [-0.4, -0.2) is 37.6 Å². The van der Waals surface area contributed by atoms with Gasteiger partial charge in [-0.25, -0.2) is 4.98 Å². The van der Waals surface area contributed by atoms with Crippen LogP contribution >= 0.6 is 11.3 Å². The number of anilines is 1. The van der Waals surface area contributed by atoms with E-state index in [1.165, 1.54) is 15.8 Å². The molecule has 1 aliphatic rings. The Bertz CT molecular complexity index is 1000. The van der Waals surface area contributed by atoms with Gasteiger partial charge in [0.05, 0.1) is 23.2 Å². The number of fused-ring (bicyclic) bond motifs is 1. The number of nitrogens with one attached hydrogen (secondary N) is 1. The van der Waals surface area contributed by atoms with Crippen LogP contribution in [-0.2, 0) is 11.2 Å². The number of nitrogens with zero attached hydrogens (tertiary/aromatic N) is 2. The van der Waals surface area contributed by atoms with Gasteiger partial charge < -0.3 is 15.0 Å². The van der Waals surface area contributed by atoms with Crippen molar-refractivity contribution < 1.29 is 9.53 Å². The number of carbonyl (C=O) groups excluding carboxylic acids is 1. The summed E-state index contributed by atoms with van der Waals surface area (Å²) in [6.07, 6.45) is 2.75. The van der Waals surface area contributed by atoms with Crippen molar-refractivity contribution in [3.05, 3.63) is 53.6 Å². The molecule has 1 N–H and O–H groups in total. The summed E-state index contributed by atoms with van der Waals surface area (Å²) in [7, 11) is 1.67. The van der Waals surface area contributed by atoms with Gasteiger partial charge in [-0.3, -0.25) is 4.79 Å². The largest absolute Gasteiger partial charge is 0.497 e. The third-order valence-electron chi connectivity index (χ3n) is 5.44. The summed E-state index contributed by atoms with van der Waals surface area (Å²) in [5.41, 5.74) is 3.46. The van der Waals surface area contributed by atoms with Crippen molar-refractivity contribution in [1.82, 2.24) is 10.3 Å². The monoisotopic (exact) mass is 409 g/mol. The Labute approximate surface area is 175 Å². The Morgan fingerprint density at radius 1 is 1.31 bits per heavy atom. The number of hydrogen-bond donors (Lipinski definition) is 1. The molecule has 6 heteroatoms. The molecule has 1 fully saturated rings. The lowest BCUT2D eigenvalue weighted by atomic mass is 9.97. The van der Waals surface area contributed by atoms with E-state index in [9.17, 15) is 4.79 Å². The maximum atomic E-state index is 12.7. The van der Waals surface area contributed by atoms with E-state index in [0.29, 0.717) is 6.54 Å². The average Bonchev–Trinajstić information content (AvgIpc) is 3.17. The van der Waals surface area contributed by atoms with Crippen molar-refractivity contribution in [2.24, 2.45) is 5.92 Å². The fraction of sp³-hybridized carbons (Fsp3) is 0.391. The van der Waals surface area contributed by atoms with E-state index < -0.39 is 0 Å². The molecule has 152 valence electrons. The van der Waals surface area contributed by atoms with E-state index in [0.717, 1.165) is 48.7 Å². The van der Waals surface area contributed by atoms with Crippen molar-refractivity contribution in [1.29, 1.82) is 0 Å². The van der Waals surface area contributed by atoms with Crippen LogP contribution in [0, 0.1) is 12.8 Å². The molecule has 0 radical (unpaired) electrons. The van der Waals surface area contributed by atoms with Crippen molar-refractivity contribution in [2.75, 3.05) is 31.6 Å². The first-order valence-electron chi connectivity index (χ1n) is 10.1. The summed E-state index contributed by atoms with van der Waals surface area (Å²) in [6.45, 7) is 4.45. The highest BCUT2D eigenvalue weighted by Gasteiger charge is 2.27. The maximum absolute atomic E-state index is 12.7. The van der Waals surface area contributed by atoms with Crippen molar-refractivity contribution in [3.63, 3.8) is 0 Å². The average molecular weight is 410 g/mol. The fourth-order valence-electron chi connectivity index (χ4n) is 3.82. The van der Waals surface area contributed by atoms with E-state index in [2.05, 4.69) is 41.4 Å². The highest BCUT2D eigenvalue weighted by atomic mass is 32.1. The highest BCUT2D eigenvalue weighted by Crippen LogP contribution is 2.32. The van der Waals surface area contributed by atoms with E-state index >= 15 is 0 Å². The van der Waals surface area contributed by atoms with Crippen molar-refractivity contribution in [3.8, 4) is 5.75 Å². The zero-order valence-electron chi connectivity index (χ0n) is 17.0. The van der Waals surface area contributed by atoms with Crippen LogP contribution in [0.4, 0.5) is 5.13 Å². The summed E-state index contributed by atoms with van der Waals surface area (Å²) in [5.74, 6) is 1.01. The molecule has 2 aromatic carbocycles. The molecule has 5 nitrogen and oxygen atoms in total. The number of ether oxygens (including phenoxy) is 1. The predicted octanol–water partition coefficient (Wildman–Crippen LogP) is 4.19. The Balaban J connectivity index is 1.34. The minimum absolute atomic E-state index is 0.0165. The summed E-state index contributed by atoms with van der Waals surface area (Å²) < 4.78 is 6.47. The van der Waals surface area contributed by atoms with Gasteiger partial charge in [0.2, 0.25) is 5.91 Å². The van der Waals surface area contributed by atoms with Crippen molar-refractivity contribution >= 4 is 32.6 Å². The number of rotatable bonds is 6. The Hall–Kier alpha value is -2.60. The zero-order chi connectivity index (χ0) is 20.2. The minimum atomic E-state index is 0.0165. The number of amides is 1. The van der Waals surface area contributed by atoms with E-state index in [4.69, 9.17) is 9.72 Å². The molecule has 1 aromatic heterocycles. The summed E-state index contributed by atoms with van der Waals surface area (Å²) in [6, 6.07) is 14.4. The maximum Gasteiger partial charge on any atom is 0.224 e. The number of aryl methyl sites for hydroxylation is 1. The fourth-order valence-corrected chi connectivity index (χ4v) is 4.92. The van der Waals surface area contributed by atoms with Gasteiger partial charge in [0.15, 0.2) is 5.13 Å². The number of thiazole rings is 1. The second-order valence-corrected chi connectivity index (χ2v) is 8.65. The number of aromatic nitrogens is 1. The Morgan fingerprint density at radius 3 is 3.07 bits per heavy atom. The SMILES string of the molecule is COc1cccc(CCNC(=O)C2CCCN(c3nc4ccc(C)cc4s3)C2)c1. The van der Waals surface area contributed by atoms with Crippen LogP contribution in [0.15, 0.2) is 42.5 Å². The van der Waals surface area contributed by atoms with Gasteiger partial charge in [0.1, 0.15) is 5.75 Å². The predicted molar refractivity (Wildman–Crippen MR) is 119 cm³/mol.